The number of hydrogen-bond donors (Lipinski definition) is 0. The number of nitriles is 1. The lowest BCUT2D eigenvalue weighted by molar-refractivity contribution is 0.0460. The number of aryl methyl sites for hydroxylation is 1. The second-order valence-corrected chi connectivity index (χ2v) is 6.29. The standard InChI is InChI=1S/C19H14N2O3S/c1-13-10-15(21-24-13)12-23-19(22)16-7-3-5-9-18(16)25-17-8-4-2-6-14(17)11-20/h2-10H,12H2,1H3. The first-order valence-corrected chi connectivity index (χ1v) is 8.34. The molecule has 2 aromatic carbocycles. The van der Waals surface area contributed by atoms with Gasteiger partial charge < -0.3 is 9.26 Å². The number of carbonyl (C=O) groups is 1. The number of aromatic nitrogens is 1. The van der Waals surface area contributed by atoms with Gasteiger partial charge in [0, 0.05) is 15.9 Å². The van der Waals surface area contributed by atoms with Crippen molar-refractivity contribution < 1.29 is 14.1 Å². The first kappa shape index (κ1) is 16.8. The van der Waals surface area contributed by atoms with Crippen molar-refractivity contribution >= 4 is 17.7 Å². The number of esters is 1. The Morgan fingerprint density at radius 2 is 1.92 bits per heavy atom. The molecular formula is C19H14N2O3S. The van der Waals surface area contributed by atoms with E-state index < -0.39 is 5.97 Å². The highest BCUT2D eigenvalue weighted by molar-refractivity contribution is 7.99. The Morgan fingerprint density at radius 1 is 1.20 bits per heavy atom. The van der Waals surface area contributed by atoms with Crippen LogP contribution in [0.5, 0.6) is 0 Å². The van der Waals surface area contributed by atoms with Gasteiger partial charge in [0.1, 0.15) is 24.1 Å². The van der Waals surface area contributed by atoms with E-state index in [4.69, 9.17) is 9.26 Å². The molecule has 6 heteroatoms. The molecule has 0 amide bonds. The van der Waals surface area contributed by atoms with E-state index in [-0.39, 0.29) is 6.61 Å². The van der Waals surface area contributed by atoms with Crippen LogP contribution in [0.2, 0.25) is 0 Å². The van der Waals surface area contributed by atoms with Crippen LogP contribution in [0.15, 0.2) is 68.9 Å². The van der Waals surface area contributed by atoms with E-state index in [0.717, 1.165) is 9.79 Å². The first-order chi connectivity index (χ1) is 12.2. The van der Waals surface area contributed by atoms with E-state index >= 15 is 0 Å². The fourth-order valence-electron chi connectivity index (χ4n) is 2.19. The Labute approximate surface area is 149 Å². The Hall–Kier alpha value is -3.04. The lowest BCUT2D eigenvalue weighted by Gasteiger charge is -2.09. The fourth-order valence-corrected chi connectivity index (χ4v) is 3.21. The van der Waals surface area contributed by atoms with Crippen LogP contribution in [0.4, 0.5) is 0 Å². The number of carbonyl (C=O) groups excluding carboxylic acids is 1. The third-order valence-corrected chi connectivity index (χ3v) is 4.51. The molecule has 0 radical (unpaired) electrons. The average molecular weight is 350 g/mol. The molecule has 0 saturated heterocycles. The van der Waals surface area contributed by atoms with Crippen LogP contribution in [0.1, 0.15) is 27.4 Å². The minimum atomic E-state index is -0.446. The first-order valence-electron chi connectivity index (χ1n) is 7.52. The van der Waals surface area contributed by atoms with E-state index in [1.807, 2.05) is 30.3 Å². The fraction of sp³-hybridized carbons (Fsp3) is 0.105. The average Bonchev–Trinajstić information content (AvgIpc) is 3.06. The quantitative estimate of drug-likeness (QED) is 0.636. The van der Waals surface area contributed by atoms with Crippen molar-refractivity contribution in [2.75, 3.05) is 0 Å². The minimum Gasteiger partial charge on any atom is -0.455 e. The van der Waals surface area contributed by atoms with E-state index in [0.29, 0.717) is 22.6 Å². The zero-order valence-corrected chi connectivity index (χ0v) is 14.2. The molecule has 0 spiro atoms. The second-order valence-electron chi connectivity index (χ2n) is 5.21. The van der Waals surface area contributed by atoms with Gasteiger partial charge in [-0.1, -0.05) is 41.2 Å². The molecule has 0 aliphatic heterocycles. The molecule has 0 atom stereocenters. The summed E-state index contributed by atoms with van der Waals surface area (Å²) in [5, 5.41) is 13.0. The van der Waals surface area contributed by atoms with Gasteiger partial charge in [-0.2, -0.15) is 5.26 Å². The van der Waals surface area contributed by atoms with E-state index in [1.165, 1.54) is 11.8 Å². The number of nitrogens with zero attached hydrogens (tertiary/aromatic N) is 2. The van der Waals surface area contributed by atoms with E-state index in [1.54, 1.807) is 31.2 Å². The minimum absolute atomic E-state index is 0.0456. The summed E-state index contributed by atoms with van der Waals surface area (Å²) >= 11 is 1.36. The van der Waals surface area contributed by atoms with Gasteiger partial charge in [0.15, 0.2) is 0 Å². The second kappa shape index (κ2) is 7.69. The normalized spacial score (nSPS) is 10.2. The van der Waals surface area contributed by atoms with Gasteiger partial charge in [0.2, 0.25) is 0 Å². The third kappa shape index (κ3) is 4.08. The predicted octanol–water partition coefficient (Wildman–Crippen LogP) is 4.36. The molecule has 0 aliphatic rings. The molecule has 0 saturated carbocycles. The highest BCUT2D eigenvalue weighted by Crippen LogP contribution is 2.32. The van der Waals surface area contributed by atoms with E-state index in [9.17, 15) is 10.1 Å². The summed E-state index contributed by atoms with van der Waals surface area (Å²) in [7, 11) is 0. The van der Waals surface area contributed by atoms with Gasteiger partial charge in [0.25, 0.3) is 0 Å². The van der Waals surface area contributed by atoms with Gasteiger partial charge in [-0.15, -0.1) is 0 Å². The molecule has 0 fully saturated rings. The summed E-state index contributed by atoms with van der Waals surface area (Å²) in [6.45, 7) is 1.82. The van der Waals surface area contributed by atoms with Crippen LogP contribution in [-0.4, -0.2) is 11.1 Å². The lowest BCUT2D eigenvalue weighted by Crippen LogP contribution is -2.06. The maximum atomic E-state index is 12.4. The van der Waals surface area contributed by atoms with E-state index in [2.05, 4.69) is 11.2 Å². The molecule has 3 aromatic rings. The summed E-state index contributed by atoms with van der Waals surface area (Å²) in [5.41, 5.74) is 1.57. The SMILES string of the molecule is Cc1cc(COC(=O)c2ccccc2Sc2ccccc2C#N)no1. The van der Waals surface area contributed by atoms with Crippen LogP contribution in [0, 0.1) is 18.3 Å². The summed E-state index contributed by atoms with van der Waals surface area (Å²) in [6, 6.07) is 18.3. The molecule has 0 bridgehead atoms. The lowest BCUT2D eigenvalue weighted by atomic mass is 10.2. The van der Waals surface area contributed by atoms with Crippen molar-refractivity contribution in [2.45, 2.75) is 23.3 Å². The van der Waals surface area contributed by atoms with Crippen molar-refractivity contribution in [1.82, 2.24) is 5.16 Å². The summed E-state index contributed by atoms with van der Waals surface area (Å²) in [4.78, 5) is 13.9. The van der Waals surface area contributed by atoms with Crippen molar-refractivity contribution in [2.24, 2.45) is 0 Å². The Bertz CT molecular complexity index is 944. The molecule has 0 unspecified atom stereocenters. The van der Waals surface area contributed by atoms with Gasteiger partial charge >= 0.3 is 5.97 Å². The Morgan fingerprint density at radius 3 is 2.64 bits per heavy atom. The molecule has 1 aromatic heterocycles. The van der Waals surface area contributed by atoms with Crippen molar-refractivity contribution in [3.8, 4) is 6.07 Å². The molecule has 0 N–H and O–H groups in total. The summed E-state index contributed by atoms with van der Waals surface area (Å²) < 4.78 is 10.3. The van der Waals surface area contributed by atoms with Crippen molar-refractivity contribution in [1.29, 1.82) is 5.26 Å². The van der Waals surface area contributed by atoms with Gasteiger partial charge in [-0.3, -0.25) is 0 Å². The van der Waals surface area contributed by atoms with Crippen molar-refractivity contribution in [3.05, 3.63) is 77.2 Å². The largest absolute Gasteiger partial charge is 0.455 e. The zero-order chi connectivity index (χ0) is 17.6. The van der Waals surface area contributed by atoms with Gasteiger partial charge in [0.05, 0.1) is 11.1 Å². The van der Waals surface area contributed by atoms with Crippen LogP contribution < -0.4 is 0 Å². The molecule has 1 heterocycles. The molecule has 25 heavy (non-hydrogen) atoms. The number of ether oxygens (including phenoxy) is 1. The number of benzene rings is 2. The maximum Gasteiger partial charge on any atom is 0.339 e. The highest BCUT2D eigenvalue weighted by atomic mass is 32.2. The monoisotopic (exact) mass is 350 g/mol. The maximum absolute atomic E-state index is 12.4. The summed E-state index contributed by atoms with van der Waals surface area (Å²) in [6.07, 6.45) is 0. The highest BCUT2D eigenvalue weighted by Gasteiger charge is 2.15. The smallest absolute Gasteiger partial charge is 0.339 e. The summed E-state index contributed by atoms with van der Waals surface area (Å²) in [5.74, 6) is 0.216. The van der Waals surface area contributed by atoms with Gasteiger partial charge in [-0.05, 0) is 31.2 Å². The zero-order valence-electron chi connectivity index (χ0n) is 13.4. The molecule has 124 valence electrons. The number of rotatable bonds is 5. The molecule has 0 aliphatic carbocycles. The van der Waals surface area contributed by atoms with Crippen LogP contribution in [0.25, 0.3) is 0 Å². The Kier molecular flexibility index (Phi) is 5.17. The van der Waals surface area contributed by atoms with Crippen LogP contribution in [0.3, 0.4) is 0 Å². The van der Waals surface area contributed by atoms with Crippen LogP contribution >= 0.6 is 11.8 Å². The molecule has 5 nitrogen and oxygen atoms in total. The molecule has 3 rings (SSSR count). The van der Waals surface area contributed by atoms with Gasteiger partial charge in [-0.25, -0.2) is 4.79 Å². The molecular weight excluding hydrogens is 336 g/mol. The predicted molar refractivity (Wildman–Crippen MR) is 92.1 cm³/mol. The van der Waals surface area contributed by atoms with Crippen molar-refractivity contribution in [3.63, 3.8) is 0 Å². The third-order valence-electron chi connectivity index (χ3n) is 3.36. The number of hydrogen-bond acceptors (Lipinski definition) is 6. The Balaban J connectivity index is 1.78. The van der Waals surface area contributed by atoms with Crippen LogP contribution in [-0.2, 0) is 11.3 Å². The topological polar surface area (TPSA) is 76.1 Å².